The number of ketones is 1. The van der Waals surface area contributed by atoms with E-state index in [-0.39, 0.29) is 12.4 Å². The maximum absolute atomic E-state index is 12.8. The average Bonchev–Trinajstić information content (AvgIpc) is 3.00. The van der Waals surface area contributed by atoms with Crippen molar-refractivity contribution in [2.24, 2.45) is 0 Å². The molecular formula is C22H29NO4. The summed E-state index contributed by atoms with van der Waals surface area (Å²) in [6, 6.07) is 7.90. The SMILES string of the molecule is COc1cccc(OCC(=O)c2cc(C)n(C3CCCCC3)c2C)c1OC. The first-order valence-electron chi connectivity index (χ1n) is 9.62. The van der Waals surface area contributed by atoms with Crippen LogP contribution in [0.4, 0.5) is 0 Å². The maximum atomic E-state index is 12.8. The molecule has 146 valence electrons. The second-order valence-electron chi connectivity index (χ2n) is 7.15. The monoisotopic (exact) mass is 371 g/mol. The summed E-state index contributed by atoms with van der Waals surface area (Å²) in [6.45, 7) is 4.10. The van der Waals surface area contributed by atoms with Gasteiger partial charge in [0, 0.05) is 23.0 Å². The molecule has 0 unspecified atom stereocenters. The molecule has 1 saturated carbocycles. The van der Waals surface area contributed by atoms with Crippen molar-refractivity contribution in [1.82, 2.24) is 4.57 Å². The van der Waals surface area contributed by atoms with Crippen molar-refractivity contribution in [1.29, 1.82) is 0 Å². The fraction of sp³-hybridized carbons (Fsp3) is 0.500. The second kappa shape index (κ2) is 8.51. The molecule has 0 N–H and O–H groups in total. The van der Waals surface area contributed by atoms with Crippen LogP contribution in [0.3, 0.4) is 0 Å². The van der Waals surface area contributed by atoms with E-state index in [4.69, 9.17) is 14.2 Å². The van der Waals surface area contributed by atoms with Gasteiger partial charge in [0.05, 0.1) is 14.2 Å². The molecule has 0 bridgehead atoms. The molecule has 3 rings (SSSR count). The molecule has 0 atom stereocenters. The predicted octanol–water partition coefficient (Wildman–Crippen LogP) is 4.89. The molecule has 1 aliphatic carbocycles. The molecule has 2 aromatic rings. The molecular weight excluding hydrogens is 342 g/mol. The summed E-state index contributed by atoms with van der Waals surface area (Å²) in [5.41, 5.74) is 2.95. The highest BCUT2D eigenvalue weighted by atomic mass is 16.5. The van der Waals surface area contributed by atoms with Crippen LogP contribution in [-0.2, 0) is 0 Å². The topological polar surface area (TPSA) is 49.7 Å². The highest BCUT2D eigenvalue weighted by Crippen LogP contribution is 2.37. The molecule has 0 aliphatic heterocycles. The summed E-state index contributed by atoms with van der Waals surface area (Å²) in [6.07, 6.45) is 6.24. The Hall–Kier alpha value is -2.43. The van der Waals surface area contributed by atoms with E-state index in [1.165, 1.54) is 32.1 Å². The number of nitrogens with zero attached hydrogens (tertiary/aromatic N) is 1. The Labute approximate surface area is 161 Å². The average molecular weight is 371 g/mol. The van der Waals surface area contributed by atoms with Gasteiger partial charge in [0.15, 0.2) is 18.1 Å². The number of methoxy groups -OCH3 is 2. The van der Waals surface area contributed by atoms with Gasteiger partial charge < -0.3 is 18.8 Å². The number of carbonyl (C=O) groups is 1. The van der Waals surface area contributed by atoms with E-state index < -0.39 is 0 Å². The van der Waals surface area contributed by atoms with Crippen molar-refractivity contribution >= 4 is 5.78 Å². The molecule has 1 aromatic heterocycles. The van der Waals surface area contributed by atoms with Gasteiger partial charge in [0.25, 0.3) is 0 Å². The maximum Gasteiger partial charge on any atom is 0.203 e. The first kappa shape index (κ1) is 19.3. The molecule has 5 heteroatoms. The fourth-order valence-corrected chi connectivity index (χ4v) is 4.15. The first-order chi connectivity index (χ1) is 13.1. The number of hydrogen-bond acceptors (Lipinski definition) is 4. The summed E-state index contributed by atoms with van der Waals surface area (Å²) >= 11 is 0. The molecule has 0 radical (unpaired) electrons. The lowest BCUT2D eigenvalue weighted by Gasteiger charge is -2.26. The molecule has 1 aliphatic rings. The van der Waals surface area contributed by atoms with Gasteiger partial charge in [0.1, 0.15) is 0 Å². The Kier molecular flexibility index (Phi) is 6.09. The normalized spacial score (nSPS) is 14.8. The third-order valence-electron chi connectivity index (χ3n) is 5.45. The summed E-state index contributed by atoms with van der Waals surface area (Å²) in [5, 5.41) is 0. The van der Waals surface area contributed by atoms with Gasteiger partial charge in [-0.1, -0.05) is 25.3 Å². The number of rotatable bonds is 7. The molecule has 0 saturated heterocycles. The Bertz CT molecular complexity index is 803. The number of carbonyl (C=O) groups excluding carboxylic acids is 1. The number of ether oxygens (including phenoxy) is 3. The van der Waals surface area contributed by atoms with Crippen LogP contribution in [0.25, 0.3) is 0 Å². The lowest BCUT2D eigenvalue weighted by molar-refractivity contribution is 0.0918. The van der Waals surface area contributed by atoms with Crippen LogP contribution in [0.1, 0.15) is 59.9 Å². The zero-order valence-corrected chi connectivity index (χ0v) is 16.7. The van der Waals surface area contributed by atoms with Gasteiger partial charge in [-0.3, -0.25) is 4.79 Å². The zero-order chi connectivity index (χ0) is 19.4. The van der Waals surface area contributed by atoms with E-state index in [2.05, 4.69) is 11.5 Å². The lowest BCUT2D eigenvalue weighted by Crippen LogP contribution is -2.17. The summed E-state index contributed by atoms with van der Waals surface area (Å²) in [7, 11) is 3.14. The molecule has 1 fully saturated rings. The minimum atomic E-state index is -0.0293. The number of benzene rings is 1. The van der Waals surface area contributed by atoms with Gasteiger partial charge in [-0.15, -0.1) is 0 Å². The predicted molar refractivity (Wildman–Crippen MR) is 105 cm³/mol. The Morgan fingerprint density at radius 1 is 1.07 bits per heavy atom. The lowest BCUT2D eigenvalue weighted by atomic mass is 9.95. The third-order valence-corrected chi connectivity index (χ3v) is 5.45. The second-order valence-corrected chi connectivity index (χ2v) is 7.15. The number of aryl methyl sites for hydroxylation is 1. The number of aromatic nitrogens is 1. The number of hydrogen-bond donors (Lipinski definition) is 0. The van der Waals surface area contributed by atoms with Crippen molar-refractivity contribution < 1.29 is 19.0 Å². The number of para-hydroxylation sites is 1. The van der Waals surface area contributed by atoms with Crippen LogP contribution in [0.5, 0.6) is 17.2 Å². The van der Waals surface area contributed by atoms with Crippen LogP contribution in [0, 0.1) is 13.8 Å². The van der Waals surface area contributed by atoms with E-state index >= 15 is 0 Å². The van der Waals surface area contributed by atoms with E-state index in [1.54, 1.807) is 26.4 Å². The van der Waals surface area contributed by atoms with Gasteiger partial charge in [-0.2, -0.15) is 0 Å². The molecule has 0 amide bonds. The van der Waals surface area contributed by atoms with Gasteiger partial charge in [0.2, 0.25) is 11.5 Å². The Morgan fingerprint density at radius 2 is 1.78 bits per heavy atom. The van der Waals surface area contributed by atoms with Crippen LogP contribution < -0.4 is 14.2 Å². The van der Waals surface area contributed by atoms with E-state index in [0.29, 0.717) is 23.3 Å². The van der Waals surface area contributed by atoms with Crippen LogP contribution >= 0.6 is 0 Å². The minimum Gasteiger partial charge on any atom is -0.493 e. The number of Topliss-reactive ketones (excluding diaryl/α,β-unsaturated/α-hetero) is 1. The van der Waals surface area contributed by atoms with Crippen molar-refractivity contribution in [2.75, 3.05) is 20.8 Å². The van der Waals surface area contributed by atoms with E-state index in [0.717, 1.165) is 17.0 Å². The van der Waals surface area contributed by atoms with Gasteiger partial charge >= 0.3 is 0 Å². The highest BCUT2D eigenvalue weighted by molar-refractivity contribution is 5.98. The third kappa shape index (κ3) is 3.97. The molecule has 5 nitrogen and oxygen atoms in total. The first-order valence-corrected chi connectivity index (χ1v) is 9.62. The van der Waals surface area contributed by atoms with E-state index in [9.17, 15) is 4.79 Å². The fourth-order valence-electron chi connectivity index (χ4n) is 4.15. The quantitative estimate of drug-likeness (QED) is 0.650. The summed E-state index contributed by atoms with van der Waals surface area (Å²) < 4.78 is 18.8. The minimum absolute atomic E-state index is 0.0185. The molecule has 1 heterocycles. The van der Waals surface area contributed by atoms with Gasteiger partial charge in [-0.05, 0) is 44.9 Å². The summed E-state index contributed by atoms with van der Waals surface area (Å²) in [4.78, 5) is 12.8. The molecule has 0 spiro atoms. The zero-order valence-electron chi connectivity index (χ0n) is 16.7. The van der Waals surface area contributed by atoms with Crippen molar-refractivity contribution in [3.05, 3.63) is 41.2 Å². The smallest absolute Gasteiger partial charge is 0.203 e. The van der Waals surface area contributed by atoms with E-state index in [1.807, 2.05) is 19.1 Å². The van der Waals surface area contributed by atoms with Gasteiger partial charge in [-0.25, -0.2) is 0 Å². The van der Waals surface area contributed by atoms with Crippen LogP contribution in [-0.4, -0.2) is 31.2 Å². The van der Waals surface area contributed by atoms with Crippen molar-refractivity contribution in [3.63, 3.8) is 0 Å². The largest absolute Gasteiger partial charge is 0.493 e. The molecule has 1 aromatic carbocycles. The summed E-state index contributed by atoms with van der Waals surface area (Å²) in [5.74, 6) is 1.57. The van der Waals surface area contributed by atoms with Crippen LogP contribution in [0.2, 0.25) is 0 Å². The van der Waals surface area contributed by atoms with Crippen molar-refractivity contribution in [2.45, 2.75) is 52.0 Å². The Morgan fingerprint density at radius 3 is 2.44 bits per heavy atom. The van der Waals surface area contributed by atoms with Crippen LogP contribution in [0.15, 0.2) is 24.3 Å². The highest BCUT2D eigenvalue weighted by Gasteiger charge is 2.23. The standard InChI is InChI=1S/C22H29NO4/c1-15-13-18(16(2)23(15)17-9-6-5-7-10-17)19(24)14-27-21-12-8-11-20(25-3)22(21)26-4/h8,11-13,17H,5-7,9-10,14H2,1-4H3. The Balaban J connectivity index is 1.76. The molecule has 27 heavy (non-hydrogen) atoms. The van der Waals surface area contributed by atoms with Crippen molar-refractivity contribution in [3.8, 4) is 17.2 Å².